The lowest BCUT2D eigenvalue weighted by atomic mass is 10.0. The van der Waals surface area contributed by atoms with Gasteiger partial charge in [0.15, 0.2) is 0 Å². The fraction of sp³-hybridized carbons (Fsp3) is 0.727. The second-order valence-electron chi connectivity index (χ2n) is 4.43. The molecular weight excluding hydrogens is 192 g/mol. The highest BCUT2D eigenvalue weighted by atomic mass is 28.2. The summed E-state index contributed by atoms with van der Waals surface area (Å²) in [4.78, 5) is 10.9. The highest BCUT2D eigenvalue weighted by Crippen LogP contribution is 2.30. The lowest BCUT2D eigenvalue weighted by Crippen LogP contribution is -2.18. The molecule has 0 heterocycles. The van der Waals surface area contributed by atoms with Crippen LogP contribution < -0.4 is 0 Å². The molecule has 0 amide bonds. The van der Waals surface area contributed by atoms with Crippen LogP contribution in [0.15, 0.2) is 12.7 Å². The molecular formula is C11H22O2Si. The van der Waals surface area contributed by atoms with Gasteiger partial charge in [0.25, 0.3) is 0 Å². The molecule has 0 rings (SSSR count). The minimum absolute atomic E-state index is 0.230. The molecule has 0 atom stereocenters. The van der Waals surface area contributed by atoms with Crippen LogP contribution in [0.2, 0.25) is 5.04 Å². The Balaban J connectivity index is 3.70. The first-order valence-corrected chi connectivity index (χ1v) is 6.59. The van der Waals surface area contributed by atoms with Crippen LogP contribution in [0.1, 0.15) is 46.5 Å². The maximum atomic E-state index is 10.9. The van der Waals surface area contributed by atoms with Crippen molar-refractivity contribution in [2.75, 3.05) is 0 Å². The normalized spacial score (nSPS) is 11.9. The van der Waals surface area contributed by atoms with E-state index in [2.05, 4.69) is 27.4 Å². The van der Waals surface area contributed by atoms with Gasteiger partial charge in [-0.3, -0.25) is 0 Å². The van der Waals surface area contributed by atoms with E-state index in [1.165, 1.54) is 25.3 Å². The highest BCUT2D eigenvalue weighted by Gasteiger charge is 2.20. The lowest BCUT2D eigenvalue weighted by Gasteiger charge is -2.22. The summed E-state index contributed by atoms with van der Waals surface area (Å²) < 4.78 is 5.17. The van der Waals surface area contributed by atoms with E-state index in [0.717, 1.165) is 6.42 Å². The number of hydrogen-bond donors (Lipinski definition) is 0. The summed E-state index contributed by atoms with van der Waals surface area (Å²) in [5.41, 5.74) is 0. The van der Waals surface area contributed by atoms with E-state index in [1.54, 1.807) is 0 Å². The molecule has 0 unspecified atom stereocenters. The van der Waals surface area contributed by atoms with Crippen LogP contribution >= 0.6 is 0 Å². The molecule has 0 saturated carbocycles. The zero-order valence-corrected chi connectivity index (χ0v) is 11.1. The second kappa shape index (κ2) is 6.82. The van der Waals surface area contributed by atoms with Gasteiger partial charge in [-0.1, -0.05) is 46.6 Å². The van der Waals surface area contributed by atoms with Crippen molar-refractivity contribution in [2.45, 2.75) is 51.5 Å². The molecule has 0 bridgehead atoms. The highest BCUT2D eigenvalue weighted by molar-refractivity contribution is 6.35. The summed E-state index contributed by atoms with van der Waals surface area (Å²) in [7, 11) is -0.768. The van der Waals surface area contributed by atoms with E-state index in [4.69, 9.17) is 4.43 Å². The lowest BCUT2D eigenvalue weighted by molar-refractivity contribution is -0.129. The van der Waals surface area contributed by atoms with Gasteiger partial charge >= 0.3 is 5.97 Å². The Labute approximate surface area is 89.7 Å². The molecule has 2 nitrogen and oxygen atoms in total. The minimum atomic E-state index is -0.768. The van der Waals surface area contributed by atoms with Gasteiger partial charge in [0, 0.05) is 6.08 Å². The molecule has 0 aromatic rings. The maximum Gasteiger partial charge on any atom is 0.316 e. The fourth-order valence-electron chi connectivity index (χ4n) is 1.25. The number of hydrogen-bond acceptors (Lipinski definition) is 2. The Hall–Kier alpha value is -0.573. The SMILES string of the molecule is C=CC(=O)O[SiH2]C(C)(C)CCCCC. The predicted molar refractivity (Wildman–Crippen MR) is 63.0 cm³/mol. The monoisotopic (exact) mass is 214 g/mol. The summed E-state index contributed by atoms with van der Waals surface area (Å²) in [5.74, 6) is -0.264. The van der Waals surface area contributed by atoms with E-state index in [0.29, 0.717) is 0 Å². The van der Waals surface area contributed by atoms with Crippen molar-refractivity contribution in [1.82, 2.24) is 0 Å². The Kier molecular flexibility index (Phi) is 6.54. The third kappa shape index (κ3) is 6.89. The van der Waals surface area contributed by atoms with Crippen molar-refractivity contribution in [3.63, 3.8) is 0 Å². The molecule has 14 heavy (non-hydrogen) atoms. The van der Waals surface area contributed by atoms with E-state index in [9.17, 15) is 4.79 Å². The third-order valence-electron chi connectivity index (χ3n) is 2.23. The van der Waals surface area contributed by atoms with Crippen molar-refractivity contribution in [1.29, 1.82) is 0 Å². The first-order valence-electron chi connectivity index (χ1n) is 5.31. The zero-order valence-electron chi connectivity index (χ0n) is 9.64. The van der Waals surface area contributed by atoms with E-state index in [-0.39, 0.29) is 11.0 Å². The van der Waals surface area contributed by atoms with Crippen LogP contribution in [0, 0.1) is 0 Å². The number of carbonyl (C=O) groups excluding carboxylic acids is 1. The molecule has 0 aliphatic heterocycles. The minimum Gasteiger partial charge on any atom is -0.521 e. The summed E-state index contributed by atoms with van der Waals surface area (Å²) in [6.45, 7) is 9.95. The Morgan fingerprint density at radius 2 is 2.14 bits per heavy atom. The van der Waals surface area contributed by atoms with Gasteiger partial charge in [-0.15, -0.1) is 0 Å². The predicted octanol–water partition coefficient (Wildman–Crippen LogP) is 2.58. The van der Waals surface area contributed by atoms with Gasteiger partial charge in [-0.25, -0.2) is 4.79 Å². The average Bonchev–Trinajstić information content (AvgIpc) is 2.14. The largest absolute Gasteiger partial charge is 0.521 e. The van der Waals surface area contributed by atoms with Crippen molar-refractivity contribution in [3.05, 3.63) is 12.7 Å². The number of carbonyl (C=O) groups is 1. The van der Waals surface area contributed by atoms with Gasteiger partial charge < -0.3 is 4.43 Å². The van der Waals surface area contributed by atoms with E-state index < -0.39 is 9.76 Å². The van der Waals surface area contributed by atoms with Crippen molar-refractivity contribution in [2.24, 2.45) is 0 Å². The van der Waals surface area contributed by atoms with Crippen LogP contribution in [0.5, 0.6) is 0 Å². The quantitative estimate of drug-likeness (QED) is 0.370. The van der Waals surface area contributed by atoms with Crippen LogP contribution in [0.4, 0.5) is 0 Å². The Morgan fingerprint density at radius 3 is 2.64 bits per heavy atom. The molecule has 3 heteroatoms. The topological polar surface area (TPSA) is 26.3 Å². The first kappa shape index (κ1) is 13.4. The summed E-state index contributed by atoms with van der Waals surface area (Å²) >= 11 is 0. The molecule has 0 aromatic heterocycles. The van der Waals surface area contributed by atoms with E-state index in [1.807, 2.05) is 0 Å². The second-order valence-corrected chi connectivity index (χ2v) is 6.92. The maximum absolute atomic E-state index is 10.9. The summed E-state index contributed by atoms with van der Waals surface area (Å²) in [6, 6.07) is 0. The van der Waals surface area contributed by atoms with Crippen molar-refractivity contribution >= 4 is 15.7 Å². The number of rotatable bonds is 7. The van der Waals surface area contributed by atoms with Crippen LogP contribution in [0.3, 0.4) is 0 Å². The van der Waals surface area contributed by atoms with Gasteiger partial charge in [-0.05, 0) is 11.5 Å². The number of unbranched alkanes of at least 4 members (excludes halogenated alkanes) is 2. The molecule has 0 fully saturated rings. The van der Waals surface area contributed by atoms with Gasteiger partial charge in [0.1, 0.15) is 0 Å². The van der Waals surface area contributed by atoms with Gasteiger partial charge in [-0.2, -0.15) is 0 Å². The van der Waals surface area contributed by atoms with Gasteiger partial charge in [0.2, 0.25) is 9.76 Å². The summed E-state index contributed by atoms with van der Waals surface area (Å²) in [5, 5.41) is 0.230. The standard InChI is InChI=1S/C11H22O2Si/c1-5-7-8-9-11(3,4)14-13-10(12)6-2/h6H,2,5,7-9,14H2,1,3-4H3. The van der Waals surface area contributed by atoms with Crippen LogP contribution in [0.25, 0.3) is 0 Å². The molecule has 0 radical (unpaired) electrons. The van der Waals surface area contributed by atoms with Crippen LogP contribution in [-0.4, -0.2) is 15.7 Å². The molecule has 0 saturated heterocycles. The zero-order chi connectivity index (χ0) is 11.0. The van der Waals surface area contributed by atoms with Crippen LogP contribution in [-0.2, 0) is 9.22 Å². The third-order valence-corrected chi connectivity index (χ3v) is 3.79. The molecule has 0 aliphatic carbocycles. The average molecular weight is 214 g/mol. The van der Waals surface area contributed by atoms with E-state index >= 15 is 0 Å². The molecule has 0 aliphatic rings. The first-order chi connectivity index (χ1) is 6.52. The molecule has 0 spiro atoms. The Bertz CT molecular complexity index is 188. The van der Waals surface area contributed by atoms with Gasteiger partial charge in [0.05, 0.1) is 0 Å². The van der Waals surface area contributed by atoms with Crippen molar-refractivity contribution < 1.29 is 9.22 Å². The summed E-state index contributed by atoms with van der Waals surface area (Å²) in [6.07, 6.45) is 6.16. The fourth-order valence-corrected chi connectivity index (χ4v) is 2.30. The molecule has 0 aromatic carbocycles. The Morgan fingerprint density at radius 1 is 1.50 bits per heavy atom. The molecule has 82 valence electrons. The molecule has 0 N–H and O–H groups in total. The van der Waals surface area contributed by atoms with Crippen molar-refractivity contribution in [3.8, 4) is 0 Å². The smallest absolute Gasteiger partial charge is 0.316 e.